The minimum atomic E-state index is 0.212. The predicted octanol–water partition coefficient (Wildman–Crippen LogP) is 4.69. The van der Waals surface area contributed by atoms with Crippen molar-refractivity contribution in [1.82, 2.24) is 5.32 Å². The Balaban J connectivity index is 2.80. The lowest BCUT2D eigenvalue weighted by Crippen LogP contribution is -2.33. The predicted molar refractivity (Wildman–Crippen MR) is 72.3 cm³/mol. The summed E-state index contributed by atoms with van der Waals surface area (Å²) in [6.45, 7) is 8.68. The molecular formula is C13H19Cl2N. The molecule has 0 saturated carbocycles. The summed E-state index contributed by atoms with van der Waals surface area (Å²) in [6, 6.07) is 6.42. The van der Waals surface area contributed by atoms with Crippen molar-refractivity contribution < 1.29 is 0 Å². The molecule has 0 bridgehead atoms. The first-order valence-corrected chi connectivity index (χ1v) is 6.39. The Kier molecular flexibility index (Phi) is 5.10. The zero-order chi connectivity index (χ0) is 12.3. The number of hydrogen-bond donors (Lipinski definition) is 1. The van der Waals surface area contributed by atoms with E-state index in [0.717, 1.165) is 5.56 Å². The van der Waals surface area contributed by atoms with Gasteiger partial charge in [0.1, 0.15) is 0 Å². The molecule has 0 amide bonds. The molecule has 0 aliphatic rings. The fourth-order valence-electron chi connectivity index (χ4n) is 1.53. The highest BCUT2D eigenvalue weighted by Crippen LogP contribution is 2.30. The fourth-order valence-corrected chi connectivity index (χ4v) is 2.00. The Hall–Kier alpha value is -0.240. The summed E-state index contributed by atoms with van der Waals surface area (Å²) in [4.78, 5) is 0. The van der Waals surface area contributed by atoms with E-state index < -0.39 is 0 Å². The summed E-state index contributed by atoms with van der Waals surface area (Å²) in [6.07, 6.45) is 0. The molecule has 1 aromatic rings. The third-order valence-electron chi connectivity index (χ3n) is 2.96. The van der Waals surface area contributed by atoms with Crippen molar-refractivity contribution in [2.75, 3.05) is 0 Å². The molecule has 1 aromatic carbocycles. The van der Waals surface area contributed by atoms with Gasteiger partial charge in [-0.3, -0.25) is 0 Å². The van der Waals surface area contributed by atoms with Crippen LogP contribution in [0.2, 0.25) is 10.0 Å². The van der Waals surface area contributed by atoms with Crippen LogP contribution in [-0.2, 0) is 0 Å². The lowest BCUT2D eigenvalue weighted by atomic mass is 10.0. The van der Waals surface area contributed by atoms with Crippen LogP contribution >= 0.6 is 23.2 Å². The molecule has 1 N–H and O–H groups in total. The van der Waals surface area contributed by atoms with E-state index in [1.54, 1.807) is 0 Å². The quantitative estimate of drug-likeness (QED) is 0.828. The number of nitrogens with one attached hydrogen (secondary N) is 1. The monoisotopic (exact) mass is 259 g/mol. The molecule has 0 spiro atoms. The first kappa shape index (κ1) is 13.8. The Morgan fingerprint density at radius 3 is 2.25 bits per heavy atom. The zero-order valence-corrected chi connectivity index (χ0v) is 11.7. The maximum absolute atomic E-state index is 6.18. The highest BCUT2D eigenvalue weighted by molar-refractivity contribution is 6.42. The lowest BCUT2D eigenvalue weighted by molar-refractivity contribution is 0.389. The van der Waals surface area contributed by atoms with Crippen molar-refractivity contribution in [2.24, 2.45) is 5.92 Å². The van der Waals surface area contributed by atoms with E-state index in [4.69, 9.17) is 23.2 Å². The summed E-state index contributed by atoms with van der Waals surface area (Å²) in [5, 5.41) is 4.79. The van der Waals surface area contributed by atoms with Crippen LogP contribution in [0.1, 0.15) is 39.3 Å². The second kappa shape index (κ2) is 5.90. The average molecular weight is 260 g/mol. The average Bonchev–Trinajstić information content (AvgIpc) is 2.21. The molecule has 90 valence electrons. The van der Waals surface area contributed by atoms with Gasteiger partial charge in [0.25, 0.3) is 0 Å². The summed E-state index contributed by atoms with van der Waals surface area (Å²) in [5.74, 6) is 0.598. The first-order valence-electron chi connectivity index (χ1n) is 5.63. The summed E-state index contributed by atoms with van der Waals surface area (Å²) in [5.41, 5.74) is 1.06. The van der Waals surface area contributed by atoms with E-state index in [1.165, 1.54) is 0 Å². The van der Waals surface area contributed by atoms with Crippen molar-refractivity contribution in [3.63, 3.8) is 0 Å². The van der Waals surface area contributed by atoms with Crippen LogP contribution < -0.4 is 5.32 Å². The van der Waals surface area contributed by atoms with Gasteiger partial charge in [0.2, 0.25) is 0 Å². The smallest absolute Gasteiger partial charge is 0.0639 e. The molecule has 0 aromatic heterocycles. The van der Waals surface area contributed by atoms with Gasteiger partial charge in [0, 0.05) is 12.1 Å². The standard InChI is InChI=1S/C13H19Cl2N/c1-8(2)9(3)16-10(4)11-6-5-7-12(14)13(11)15/h5-10,16H,1-4H3. The normalized spacial score (nSPS) is 15.2. The van der Waals surface area contributed by atoms with Crippen LogP contribution in [0.25, 0.3) is 0 Å². The molecule has 0 heterocycles. The van der Waals surface area contributed by atoms with E-state index in [2.05, 4.69) is 33.0 Å². The molecule has 2 unspecified atom stereocenters. The second-order valence-electron chi connectivity index (χ2n) is 4.56. The maximum Gasteiger partial charge on any atom is 0.0639 e. The van der Waals surface area contributed by atoms with Crippen molar-refractivity contribution in [1.29, 1.82) is 0 Å². The van der Waals surface area contributed by atoms with Crippen molar-refractivity contribution >= 4 is 23.2 Å². The highest BCUT2D eigenvalue weighted by atomic mass is 35.5. The molecule has 1 rings (SSSR count). The van der Waals surface area contributed by atoms with Gasteiger partial charge in [-0.15, -0.1) is 0 Å². The molecule has 16 heavy (non-hydrogen) atoms. The molecule has 3 heteroatoms. The maximum atomic E-state index is 6.18. The number of halogens is 2. The van der Waals surface area contributed by atoms with Crippen LogP contribution in [0.3, 0.4) is 0 Å². The van der Waals surface area contributed by atoms with Gasteiger partial charge in [-0.05, 0) is 31.4 Å². The molecule has 1 nitrogen and oxygen atoms in total. The van der Waals surface area contributed by atoms with Gasteiger partial charge in [-0.2, -0.15) is 0 Å². The molecule has 0 aliphatic carbocycles. The highest BCUT2D eigenvalue weighted by Gasteiger charge is 2.15. The largest absolute Gasteiger partial charge is 0.307 e. The number of hydrogen-bond acceptors (Lipinski definition) is 1. The van der Waals surface area contributed by atoms with E-state index in [0.29, 0.717) is 22.0 Å². The van der Waals surface area contributed by atoms with E-state index in [1.807, 2.05) is 18.2 Å². The third kappa shape index (κ3) is 3.38. The van der Waals surface area contributed by atoms with Gasteiger partial charge >= 0.3 is 0 Å². The fraction of sp³-hybridized carbons (Fsp3) is 0.538. The summed E-state index contributed by atoms with van der Waals surface area (Å²) >= 11 is 12.2. The topological polar surface area (TPSA) is 12.0 Å². The van der Waals surface area contributed by atoms with Crippen molar-refractivity contribution in [2.45, 2.75) is 39.8 Å². The van der Waals surface area contributed by atoms with Crippen molar-refractivity contribution in [3.8, 4) is 0 Å². The molecular weight excluding hydrogens is 241 g/mol. The van der Waals surface area contributed by atoms with Crippen LogP contribution in [0.5, 0.6) is 0 Å². The summed E-state index contributed by atoms with van der Waals surface area (Å²) in [7, 11) is 0. The Morgan fingerprint density at radius 2 is 1.69 bits per heavy atom. The van der Waals surface area contributed by atoms with Gasteiger partial charge < -0.3 is 5.32 Å². The number of rotatable bonds is 4. The minimum absolute atomic E-state index is 0.212. The van der Waals surface area contributed by atoms with Gasteiger partial charge in [0.15, 0.2) is 0 Å². The van der Waals surface area contributed by atoms with Gasteiger partial charge in [-0.25, -0.2) is 0 Å². The molecule has 0 saturated heterocycles. The van der Waals surface area contributed by atoms with Crippen molar-refractivity contribution in [3.05, 3.63) is 33.8 Å². The first-order chi connectivity index (χ1) is 7.43. The minimum Gasteiger partial charge on any atom is -0.307 e. The third-order valence-corrected chi connectivity index (χ3v) is 3.79. The Morgan fingerprint density at radius 1 is 1.06 bits per heavy atom. The van der Waals surface area contributed by atoms with Crippen LogP contribution in [0.4, 0.5) is 0 Å². The SMILES string of the molecule is CC(NC(C)C(C)C)c1cccc(Cl)c1Cl. The zero-order valence-electron chi connectivity index (χ0n) is 10.2. The van der Waals surface area contributed by atoms with Crippen LogP contribution in [0, 0.1) is 5.92 Å². The van der Waals surface area contributed by atoms with Crippen LogP contribution in [0.15, 0.2) is 18.2 Å². The lowest BCUT2D eigenvalue weighted by Gasteiger charge is -2.24. The van der Waals surface area contributed by atoms with Crippen LogP contribution in [-0.4, -0.2) is 6.04 Å². The van der Waals surface area contributed by atoms with E-state index in [9.17, 15) is 0 Å². The summed E-state index contributed by atoms with van der Waals surface area (Å²) < 4.78 is 0. The van der Waals surface area contributed by atoms with E-state index in [-0.39, 0.29) is 6.04 Å². The second-order valence-corrected chi connectivity index (χ2v) is 5.35. The molecule has 0 aliphatic heterocycles. The number of benzene rings is 1. The Bertz CT molecular complexity index is 350. The van der Waals surface area contributed by atoms with E-state index >= 15 is 0 Å². The van der Waals surface area contributed by atoms with Gasteiger partial charge in [-0.1, -0.05) is 49.2 Å². The molecule has 2 atom stereocenters. The molecule has 0 radical (unpaired) electrons. The Labute approximate surface area is 108 Å². The van der Waals surface area contributed by atoms with Gasteiger partial charge in [0.05, 0.1) is 10.0 Å². The molecule has 0 fully saturated rings.